The molecule has 27 heavy (non-hydrogen) atoms. The molecule has 8 heteroatoms. The van der Waals surface area contributed by atoms with E-state index >= 15 is 0 Å². The minimum Gasteiger partial charge on any atom is -0.456 e. The van der Waals surface area contributed by atoms with Gasteiger partial charge in [-0.25, -0.2) is 4.98 Å². The summed E-state index contributed by atoms with van der Waals surface area (Å²) in [5.74, 6) is -0.731. The molecule has 3 rings (SSSR count). The van der Waals surface area contributed by atoms with Gasteiger partial charge < -0.3 is 15.0 Å². The molecule has 0 bridgehead atoms. The molecule has 0 spiro atoms. The van der Waals surface area contributed by atoms with Crippen molar-refractivity contribution >= 4 is 45.4 Å². The van der Waals surface area contributed by atoms with Crippen molar-refractivity contribution in [2.45, 2.75) is 13.5 Å². The number of H-pyrrole nitrogens is 1. The maximum Gasteiger partial charge on any atom is 0.325 e. The molecule has 1 amide bonds. The number of carbonyl (C=O) groups excluding carboxylic acids is 2. The van der Waals surface area contributed by atoms with E-state index in [1.54, 1.807) is 30.3 Å². The Morgan fingerprint density at radius 3 is 2.74 bits per heavy atom. The monoisotopic (exact) mass is 477 g/mol. The van der Waals surface area contributed by atoms with Crippen LogP contribution < -0.4 is 10.9 Å². The number of hydrogen-bond acceptors (Lipinski definition) is 5. The number of nitrogens with one attached hydrogen (secondary N) is 2. The molecule has 0 radical (unpaired) electrons. The minimum atomic E-state index is -0.623. The maximum absolute atomic E-state index is 12.1. The van der Waals surface area contributed by atoms with E-state index in [1.165, 1.54) is 0 Å². The van der Waals surface area contributed by atoms with E-state index in [-0.39, 0.29) is 30.4 Å². The van der Waals surface area contributed by atoms with Crippen LogP contribution in [0.15, 0.2) is 47.3 Å². The highest BCUT2D eigenvalue weighted by Crippen LogP contribution is 2.12. The number of nitrogens with zero attached hydrogens (tertiary/aromatic N) is 1. The number of benzene rings is 2. The Balaban J connectivity index is 1.60. The Bertz CT molecular complexity index is 1080. The van der Waals surface area contributed by atoms with Gasteiger partial charge in [-0.15, -0.1) is 0 Å². The van der Waals surface area contributed by atoms with Gasteiger partial charge in [-0.2, -0.15) is 0 Å². The number of aryl methyl sites for hydroxylation is 1. The Morgan fingerprint density at radius 1 is 1.19 bits per heavy atom. The highest BCUT2D eigenvalue weighted by atomic mass is 127. The van der Waals surface area contributed by atoms with Gasteiger partial charge in [0.25, 0.3) is 11.5 Å². The zero-order chi connectivity index (χ0) is 19.4. The maximum atomic E-state index is 12.1. The SMILES string of the molecule is Cc1cccc2c(=O)[nH]c(COC(=O)CNC(=O)c3ccccc3I)nc12. The van der Waals surface area contributed by atoms with E-state index in [2.05, 4.69) is 37.9 Å². The third-order valence-corrected chi connectivity index (χ3v) is 4.81. The van der Waals surface area contributed by atoms with Crippen molar-refractivity contribution in [3.05, 3.63) is 73.3 Å². The van der Waals surface area contributed by atoms with Crippen molar-refractivity contribution in [1.29, 1.82) is 0 Å². The molecular weight excluding hydrogens is 461 g/mol. The first-order valence-electron chi connectivity index (χ1n) is 8.12. The fourth-order valence-corrected chi connectivity index (χ4v) is 3.15. The number of aromatic nitrogens is 2. The number of fused-ring (bicyclic) bond motifs is 1. The highest BCUT2D eigenvalue weighted by molar-refractivity contribution is 14.1. The smallest absolute Gasteiger partial charge is 0.325 e. The van der Waals surface area contributed by atoms with E-state index in [0.717, 1.165) is 9.13 Å². The minimum absolute atomic E-state index is 0.183. The van der Waals surface area contributed by atoms with Crippen LogP contribution in [0.1, 0.15) is 21.7 Å². The third-order valence-electron chi connectivity index (χ3n) is 3.87. The first-order valence-corrected chi connectivity index (χ1v) is 9.20. The molecule has 1 heterocycles. The molecule has 7 nitrogen and oxygen atoms in total. The summed E-state index contributed by atoms with van der Waals surface area (Å²) in [4.78, 5) is 43.0. The molecule has 0 saturated heterocycles. The lowest BCUT2D eigenvalue weighted by atomic mass is 10.1. The predicted octanol–water partition coefficient (Wildman–Crippen LogP) is 2.31. The number of aromatic amines is 1. The standard InChI is InChI=1S/C19H16IN3O4/c1-11-5-4-7-13-17(11)22-15(23-19(13)26)10-27-16(24)9-21-18(25)12-6-2-3-8-14(12)20/h2-8H,9-10H2,1H3,(H,21,25)(H,22,23,26). The molecule has 138 valence electrons. The van der Waals surface area contributed by atoms with Crippen molar-refractivity contribution in [1.82, 2.24) is 15.3 Å². The Labute approximate surface area is 168 Å². The lowest BCUT2D eigenvalue weighted by Gasteiger charge is -2.08. The Hall–Kier alpha value is -2.75. The second-order valence-corrected chi connectivity index (χ2v) is 6.97. The summed E-state index contributed by atoms with van der Waals surface area (Å²) in [6.07, 6.45) is 0. The quantitative estimate of drug-likeness (QED) is 0.434. The van der Waals surface area contributed by atoms with E-state index in [0.29, 0.717) is 16.5 Å². The molecule has 0 atom stereocenters. The largest absolute Gasteiger partial charge is 0.456 e. The molecule has 1 aromatic heterocycles. The summed E-state index contributed by atoms with van der Waals surface area (Å²) < 4.78 is 5.89. The first kappa shape index (κ1) is 19.0. The van der Waals surface area contributed by atoms with Crippen LogP contribution in [0.3, 0.4) is 0 Å². The van der Waals surface area contributed by atoms with Gasteiger partial charge in [0.15, 0.2) is 0 Å². The number of para-hydroxylation sites is 1. The van der Waals surface area contributed by atoms with Crippen molar-refractivity contribution in [3.63, 3.8) is 0 Å². The number of carbonyl (C=O) groups is 2. The van der Waals surface area contributed by atoms with Gasteiger partial charge in [-0.05, 0) is 53.3 Å². The van der Waals surface area contributed by atoms with Crippen LogP contribution in [0.4, 0.5) is 0 Å². The number of rotatable bonds is 5. The highest BCUT2D eigenvalue weighted by Gasteiger charge is 2.12. The predicted molar refractivity (Wildman–Crippen MR) is 108 cm³/mol. The summed E-state index contributed by atoms with van der Waals surface area (Å²) in [5.41, 5.74) is 1.62. The molecule has 2 aromatic carbocycles. The van der Waals surface area contributed by atoms with Gasteiger partial charge >= 0.3 is 5.97 Å². The van der Waals surface area contributed by atoms with Crippen LogP contribution in [-0.2, 0) is 16.1 Å². The normalized spacial score (nSPS) is 10.6. The molecule has 0 aliphatic rings. The van der Waals surface area contributed by atoms with Gasteiger partial charge in [0.1, 0.15) is 19.0 Å². The van der Waals surface area contributed by atoms with Crippen LogP contribution >= 0.6 is 22.6 Å². The van der Waals surface area contributed by atoms with Crippen molar-refractivity contribution in [2.24, 2.45) is 0 Å². The second kappa shape index (κ2) is 8.30. The van der Waals surface area contributed by atoms with E-state index in [1.807, 2.05) is 19.1 Å². The van der Waals surface area contributed by atoms with E-state index in [4.69, 9.17) is 4.74 Å². The van der Waals surface area contributed by atoms with Crippen molar-refractivity contribution in [3.8, 4) is 0 Å². The zero-order valence-corrected chi connectivity index (χ0v) is 16.6. The van der Waals surface area contributed by atoms with Gasteiger partial charge in [0.05, 0.1) is 16.5 Å². The molecule has 0 unspecified atom stereocenters. The topological polar surface area (TPSA) is 101 Å². The van der Waals surface area contributed by atoms with Crippen molar-refractivity contribution in [2.75, 3.05) is 6.54 Å². The number of halogens is 1. The molecule has 0 fully saturated rings. The van der Waals surface area contributed by atoms with E-state index in [9.17, 15) is 14.4 Å². The van der Waals surface area contributed by atoms with Gasteiger partial charge in [-0.1, -0.05) is 24.3 Å². The lowest BCUT2D eigenvalue weighted by molar-refractivity contribution is -0.143. The number of esters is 1. The first-order chi connectivity index (χ1) is 13.0. The molecule has 0 aliphatic carbocycles. The molecule has 0 saturated carbocycles. The molecule has 0 aliphatic heterocycles. The van der Waals surface area contributed by atoms with Gasteiger partial charge in [0.2, 0.25) is 0 Å². The second-order valence-electron chi connectivity index (χ2n) is 5.81. The summed E-state index contributed by atoms with van der Waals surface area (Å²) in [6, 6.07) is 12.4. The summed E-state index contributed by atoms with van der Waals surface area (Å²) in [6.45, 7) is 1.39. The molecule has 3 aromatic rings. The van der Waals surface area contributed by atoms with Crippen LogP contribution in [0.2, 0.25) is 0 Å². The Morgan fingerprint density at radius 2 is 1.96 bits per heavy atom. The van der Waals surface area contributed by atoms with Gasteiger partial charge in [0, 0.05) is 3.57 Å². The summed E-state index contributed by atoms with van der Waals surface area (Å²) >= 11 is 2.05. The fourth-order valence-electron chi connectivity index (χ4n) is 2.51. The fraction of sp³-hybridized carbons (Fsp3) is 0.158. The number of amides is 1. The van der Waals surface area contributed by atoms with Crippen molar-refractivity contribution < 1.29 is 14.3 Å². The van der Waals surface area contributed by atoms with Crippen LogP contribution in [0.5, 0.6) is 0 Å². The average Bonchev–Trinajstić information content (AvgIpc) is 2.65. The zero-order valence-electron chi connectivity index (χ0n) is 14.4. The molecule has 2 N–H and O–H groups in total. The lowest BCUT2D eigenvalue weighted by Crippen LogP contribution is -2.31. The van der Waals surface area contributed by atoms with Crippen LogP contribution in [0.25, 0.3) is 10.9 Å². The van der Waals surface area contributed by atoms with E-state index < -0.39 is 5.97 Å². The number of hydrogen-bond donors (Lipinski definition) is 2. The number of ether oxygens (including phenoxy) is 1. The summed E-state index contributed by atoms with van der Waals surface area (Å²) in [7, 11) is 0. The van der Waals surface area contributed by atoms with Crippen LogP contribution in [0, 0.1) is 10.5 Å². The average molecular weight is 477 g/mol. The molecular formula is C19H16IN3O4. The summed E-state index contributed by atoms with van der Waals surface area (Å²) in [5, 5.41) is 3.00. The van der Waals surface area contributed by atoms with Crippen LogP contribution in [-0.4, -0.2) is 28.4 Å². The third kappa shape index (κ3) is 4.51. The Kier molecular flexibility index (Phi) is 5.84. The van der Waals surface area contributed by atoms with Gasteiger partial charge in [-0.3, -0.25) is 14.4 Å².